The third-order valence-electron chi connectivity index (χ3n) is 3.28. The summed E-state index contributed by atoms with van der Waals surface area (Å²) in [7, 11) is 0. The number of halogens is 1. The third kappa shape index (κ3) is 3.54. The second-order valence-electron chi connectivity index (χ2n) is 4.91. The molecule has 0 aliphatic rings. The monoisotopic (exact) mass is 326 g/mol. The van der Waals surface area contributed by atoms with E-state index in [1.165, 1.54) is 18.2 Å². The van der Waals surface area contributed by atoms with Crippen LogP contribution in [0.2, 0.25) is 0 Å². The number of rotatable bonds is 6. The van der Waals surface area contributed by atoms with Crippen LogP contribution in [0.5, 0.6) is 0 Å². The lowest BCUT2D eigenvalue weighted by Crippen LogP contribution is -2.29. The van der Waals surface area contributed by atoms with Crippen molar-refractivity contribution in [2.24, 2.45) is 0 Å². The lowest BCUT2D eigenvalue weighted by Gasteiger charge is -2.08. The summed E-state index contributed by atoms with van der Waals surface area (Å²) in [6, 6.07) is 15.3. The van der Waals surface area contributed by atoms with Crippen molar-refractivity contribution in [3.05, 3.63) is 66.0 Å². The molecule has 3 aromatic rings. The minimum Gasteiger partial charge on any atom is -0.351 e. The zero-order chi connectivity index (χ0) is 16.8. The summed E-state index contributed by atoms with van der Waals surface area (Å²) < 4.78 is 15.1. The predicted octanol–water partition coefficient (Wildman–Crippen LogP) is 1.64. The van der Waals surface area contributed by atoms with Gasteiger partial charge in [0.15, 0.2) is 0 Å². The van der Waals surface area contributed by atoms with E-state index in [0.717, 1.165) is 5.69 Å². The summed E-state index contributed by atoms with van der Waals surface area (Å²) in [6.45, 7) is 0.697. The fraction of sp³-hybridized carbons (Fsp3) is 0.125. The number of hydrogen-bond acceptors (Lipinski definition) is 5. The first-order valence-corrected chi connectivity index (χ1v) is 7.36. The Morgan fingerprint density at radius 3 is 2.58 bits per heavy atom. The van der Waals surface area contributed by atoms with E-state index in [-0.39, 0.29) is 5.56 Å². The first-order valence-electron chi connectivity index (χ1n) is 7.36. The fourth-order valence-electron chi connectivity index (χ4n) is 2.13. The van der Waals surface area contributed by atoms with Crippen LogP contribution < -0.4 is 10.6 Å². The number of nitrogens with one attached hydrogen (secondary N) is 2. The number of anilines is 1. The highest BCUT2D eigenvalue weighted by atomic mass is 19.1. The molecule has 2 N–H and O–H groups in total. The number of para-hydroxylation sites is 1. The van der Waals surface area contributed by atoms with Gasteiger partial charge in [0, 0.05) is 13.1 Å². The summed E-state index contributed by atoms with van der Waals surface area (Å²) in [5, 5.41) is 17.1. The summed E-state index contributed by atoms with van der Waals surface area (Å²) in [4.78, 5) is 11.9. The van der Waals surface area contributed by atoms with Gasteiger partial charge in [-0.05, 0) is 34.7 Å². The van der Waals surface area contributed by atoms with Gasteiger partial charge in [-0.1, -0.05) is 35.4 Å². The number of hydrogen-bond donors (Lipinski definition) is 2. The molecule has 2 aromatic carbocycles. The molecule has 0 radical (unpaired) electrons. The summed E-state index contributed by atoms with van der Waals surface area (Å²) in [5.74, 6) is -0.546. The minimum absolute atomic E-state index is 0.0200. The number of nitrogens with zero attached hydrogens (tertiary/aromatic N) is 4. The number of benzene rings is 2. The van der Waals surface area contributed by atoms with Gasteiger partial charge >= 0.3 is 0 Å². The van der Waals surface area contributed by atoms with Crippen LogP contribution in [0.25, 0.3) is 5.69 Å². The Labute approximate surface area is 137 Å². The molecular formula is C16H15FN6O. The number of tetrazole rings is 1. The quantitative estimate of drug-likeness (QED) is 0.673. The second kappa shape index (κ2) is 7.32. The molecule has 0 saturated heterocycles. The molecule has 8 heteroatoms. The van der Waals surface area contributed by atoms with Crippen LogP contribution in [0.4, 0.5) is 10.3 Å². The molecule has 1 aromatic heterocycles. The zero-order valence-electron chi connectivity index (χ0n) is 12.7. The molecule has 0 unspecified atom stereocenters. The molecule has 0 atom stereocenters. The van der Waals surface area contributed by atoms with Crippen molar-refractivity contribution >= 4 is 11.9 Å². The first kappa shape index (κ1) is 15.6. The molecule has 0 aliphatic carbocycles. The van der Waals surface area contributed by atoms with Gasteiger partial charge in [-0.3, -0.25) is 4.79 Å². The molecule has 7 nitrogen and oxygen atoms in total. The van der Waals surface area contributed by atoms with E-state index in [1.807, 2.05) is 30.3 Å². The molecular weight excluding hydrogens is 311 g/mol. The van der Waals surface area contributed by atoms with Gasteiger partial charge in [-0.15, -0.1) is 0 Å². The van der Waals surface area contributed by atoms with Crippen LogP contribution in [0, 0.1) is 5.82 Å². The lowest BCUT2D eigenvalue weighted by molar-refractivity contribution is 0.0951. The summed E-state index contributed by atoms with van der Waals surface area (Å²) in [6.07, 6.45) is 0. The standard InChI is InChI=1S/C16H15FN6O/c17-14-9-5-4-8-13(14)15(24)18-10-11-19-16-20-21-22-23(16)12-6-2-1-3-7-12/h1-9H,10-11H2,(H,18,24)(H,19,20,22). The van der Waals surface area contributed by atoms with E-state index in [0.29, 0.717) is 19.0 Å². The predicted molar refractivity (Wildman–Crippen MR) is 86.4 cm³/mol. The van der Waals surface area contributed by atoms with Gasteiger partial charge in [0.2, 0.25) is 5.95 Å². The van der Waals surface area contributed by atoms with E-state index in [2.05, 4.69) is 26.2 Å². The van der Waals surface area contributed by atoms with Crippen LogP contribution in [0.3, 0.4) is 0 Å². The maximum atomic E-state index is 13.5. The average molecular weight is 326 g/mol. The maximum Gasteiger partial charge on any atom is 0.254 e. The van der Waals surface area contributed by atoms with Crippen molar-refractivity contribution < 1.29 is 9.18 Å². The summed E-state index contributed by atoms with van der Waals surface area (Å²) in [5.41, 5.74) is 0.840. The third-order valence-corrected chi connectivity index (χ3v) is 3.28. The van der Waals surface area contributed by atoms with Crippen LogP contribution in [-0.4, -0.2) is 39.2 Å². The van der Waals surface area contributed by atoms with Crippen LogP contribution >= 0.6 is 0 Å². The molecule has 1 heterocycles. The van der Waals surface area contributed by atoms with E-state index >= 15 is 0 Å². The van der Waals surface area contributed by atoms with Crippen molar-refractivity contribution in [2.45, 2.75) is 0 Å². The van der Waals surface area contributed by atoms with Crippen molar-refractivity contribution in [3.8, 4) is 5.69 Å². The topological polar surface area (TPSA) is 84.7 Å². The van der Waals surface area contributed by atoms with Gasteiger partial charge in [-0.25, -0.2) is 4.39 Å². The molecule has 0 bridgehead atoms. The molecule has 0 spiro atoms. The van der Waals surface area contributed by atoms with E-state index in [1.54, 1.807) is 10.7 Å². The average Bonchev–Trinajstić information content (AvgIpc) is 3.08. The fourth-order valence-corrected chi connectivity index (χ4v) is 2.13. The van der Waals surface area contributed by atoms with Crippen LogP contribution in [-0.2, 0) is 0 Å². The van der Waals surface area contributed by atoms with Crippen molar-refractivity contribution in [3.63, 3.8) is 0 Å². The Bertz CT molecular complexity index is 820. The first-order chi connectivity index (χ1) is 11.8. The second-order valence-corrected chi connectivity index (χ2v) is 4.91. The molecule has 24 heavy (non-hydrogen) atoms. The van der Waals surface area contributed by atoms with Crippen LogP contribution in [0.1, 0.15) is 10.4 Å². The Balaban J connectivity index is 1.54. The highest BCUT2D eigenvalue weighted by Crippen LogP contribution is 2.10. The van der Waals surface area contributed by atoms with E-state index in [9.17, 15) is 9.18 Å². The number of aromatic nitrogens is 4. The Morgan fingerprint density at radius 2 is 1.79 bits per heavy atom. The number of amides is 1. The molecule has 0 aliphatic heterocycles. The minimum atomic E-state index is -0.545. The Morgan fingerprint density at radius 1 is 1.04 bits per heavy atom. The van der Waals surface area contributed by atoms with E-state index < -0.39 is 11.7 Å². The smallest absolute Gasteiger partial charge is 0.254 e. The van der Waals surface area contributed by atoms with Gasteiger partial charge in [0.1, 0.15) is 5.82 Å². The molecule has 0 fully saturated rings. The van der Waals surface area contributed by atoms with Gasteiger partial charge < -0.3 is 10.6 Å². The zero-order valence-corrected chi connectivity index (χ0v) is 12.7. The SMILES string of the molecule is O=C(NCCNc1nnnn1-c1ccccc1)c1ccccc1F. The van der Waals surface area contributed by atoms with Crippen LogP contribution in [0.15, 0.2) is 54.6 Å². The highest BCUT2D eigenvalue weighted by molar-refractivity contribution is 5.94. The Hall–Kier alpha value is -3.29. The maximum absolute atomic E-state index is 13.5. The molecule has 1 amide bonds. The molecule has 122 valence electrons. The van der Waals surface area contributed by atoms with Crippen molar-refractivity contribution in [1.82, 2.24) is 25.5 Å². The summed E-state index contributed by atoms with van der Waals surface area (Å²) >= 11 is 0. The van der Waals surface area contributed by atoms with Gasteiger partial charge in [0.25, 0.3) is 5.91 Å². The molecule has 3 rings (SSSR count). The van der Waals surface area contributed by atoms with E-state index in [4.69, 9.17) is 0 Å². The number of carbonyl (C=O) groups is 1. The molecule has 0 saturated carbocycles. The van der Waals surface area contributed by atoms with Gasteiger partial charge in [-0.2, -0.15) is 4.68 Å². The van der Waals surface area contributed by atoms with Gasteiger partial charge in [0.05, 0.1) is 11.3 Å². The largest absolute Gasteiger partial charge is 0.351 e. The van der Waals surface area contributed by atoms with Crippen molar-refractivity contribution in [1.29, 1.82) is 0 Å². The normalized spacial score (nSPS) is 10.4. The lowest BCUT2D eigenvalue weighted by atomic mass is 10.2. The number of carbonyl (C=O) groups excluding carboxylic acids is 1. The highest BCUT2D eigenvalue weighted by Gasteiger charge is 2.10. The Kier molecular flexibility index (Phi) is 4.76. The van der Waals surface area contributed by atoms with Crippen molar-refractivity contribution in [2.75, 3.05) is 18.4 Å².